The van der Waals surface area contributed by atoms with Crippen LogP contribution in [0.4, 0.5) is 0 Å². The van der Waals surface area contributed by atoms with E-state index in [9.17, 15) is 8.42 Å². The fourth-order valence-electron chi connectivity index (χ4n) is 1.63. The topological polar surface area (TPSA) is 85.1 Å². The number of halogens is 1. The second-order valence-electron chi connectivity index (χ2n) is 4.14. The molecule has 0 atom stereocenters. The summed E-state index contributed by atoms with van der Waals surface area (Å²) in [6.45, 7) is 0.439. The number of nitrogens with one attached hydrogen (secondary N) is 1. The van der Waals surface area contributed by atoms with Crippen LogP contribution in [-0.4, -0.2) is 13.4 Å². The Morgan fingerprint density at radius 3 is 2.70 bits per heavy atom. The average Bonchev–Trinajstić information content (AvgIpc) is 2.46. The van der Waals surface area contributed by atoms with Crippen LogP contribution in [0.3, 0.4) is 0 Å². The van der Waals surface area contributed by atoms with Crippen molar-refractivity contribution in [1.29, 1.82) is 0 Å². The molecule has 0 fully saturated rings. The normalized spacial score (nSPS) is 11.5. The largest absolute Gasteiger partial charge is 0.326 e. The lowest BCUT2D eigenvalue weighted by Gasteiger charge is -2.08. The lowest BCUT2D eigenvalue weighted by molar-refractivity contribution is 0.581. The van der Waals surface area contributed by atoms with Crippen molar-refractivity contribution in [2.45, 2.75) is 18.0 Å². The molecule has 1 aromatic heterocycles. The third kappa shape index (κ3) is 3.55. The molecule has 0 saturated carbocycles. The zero-order valence-corrected chi connectivity index (χ0v) is 12.2. The van der Waals surface area contributed by atoms with Crippen molar-refractivity contribution < 1.29 is 8.42 Å². The second-order valence-corrected chi connectivity index (χ2v) is 6.32. The van der Waals surface area contributed by atoms with Crippen LogP contribution in [0.5, 0.6) is 0 Å². The number of aromatic nitrogens is 1. The predicted octanol–water partition coefficient (Wildman–Crippen LogP) is 1.67. The van der Waals surface area contributed by atoms with Crippen molar-refractivity contribution >= 4 is 21.6 Å². The maximum Gasteiger partial charge on any atom is 0.240 e. The van der Waals surface area contributed by atoms with Gasteiger partial charge in [0.25, 0.3) is 0 Å². The van der Waals surface area contributed by atoms with Gasteiger partial charge in [0.2, 0.25) is 10.0 Å². The van der Waals surface area contributed by atoms with Gasteiger partial charge >= 0.3 is 0 Å². The summed E-state index contributed by atoms with van der Waals surface area (Å²) in [5.74, 6) is 0. The van der Waals surface area contributed by atoms with Gasteiger partial charge in [0, 0.05) is 30.5 Å². The molecular weight excluding hydrogens is 298 g/mol. The highest BCUT2D eigenvalue weighted by atomic mass is 35.5. The van der Waals surface area contributed by atoms with Gasteiger partial charge in [0.15, 0.2) is 0 Å². The zero-order valence-electron chi connectivity index (χ0n) is 10.6. The molecule has 7 heteroatoms. The highest BCUT2D eigenvalue weighted by Gasteiger charge is 2.15. The van der Waals surface area contributed by atoms with Crippen LogP contribution in [0.25, 0.3) is 0 Å². The quantitative estimate of drug-likeness (QED) is 0.879. The fourth-order valence-corrected chi connectivity index (χ4v) is 2.99. The highest BCUT2D eigenvalue weighted by Crippen LogP contribution is 2.20. The molecule has 1 aromatic carbocycles. The monoisotopic (exact) mass is 311 g/mol. The molecule has 2 aromatic rings. The zero-order chi connectivity index (χ0) is 14.6. The molecule has 0 aliphatic rings. The maximum absolute atomic E-state index is 12.1. The van der Waals surface area contributed by atoms with E-state index in [1.807, 2.05) is 0 Å². The van der Waals surface area contributed by atoms with Gasteiger partial charge in [-0.15, -0.1) is 0 Å². The lowest BCUT2D eigenvalue weighted by Crippen LogP contribution is -2.23. The van der Waals surface area contributed by atoms with Crippen molar-refractivity contribution in [1.82, 2.24) is 9.71 Å². The highest BCUT2D eigenvalue weighted by molar-refractivity contribution is 7.89. The smallest absolute Gasteiger partial charge is 0.240 e. The summed E-state index contributed by atoms with van der Waals surface area (Å²) in [5.41, 5.74) is 6.97. The van der Waals surface area contributed by atoms with E-state index < -0.39 is 10.0 Å². The molecule has 5 nitrogen and oxygen atoms in total. The Labute approximate surface area is 122 Å². The Hall–Kier alpha value is -1.47. The molecule has 0 radical (unpaired) electrons. The molecule has 2 rings (SSSR count). The number of nitrogens with two attached hydrogens (primary N) is 1. The molecule has 0 spiro atoms. The Bertz CT molecular complexity index is 690. The molecule has 0 aliphatic heterocycles. The van der Waals surface area contributed by atoms with E-state index in [1.165, 1.54) is 12.1 Å². The first-order valence-corrected chi connectivity index (χ1v) is 7.76. The molecule has 1 heterocycles. The molecule has 0 saturated heterocycles. The summed E-state index contributed by atoms with van der Waals surface area (Å²) < 4.78 is 26.8. The van der Waals surface area contributed by atoms with Crippen LogP contribution < -0.4 is 10.5 Å². The minimum absolute atomic E-state index is 0.114. The number of pyridine rings is 1. The number of sulfonamides is 1. The van der Waals surface area contributed by atoms with E-state index in [0.717, 1.165) is 5.56 Å². The Morgan fingerprint density at radius 1 is 1.30 bits per heavy atom. The van der Waals surface area contributed by atoms with E-state index in [0.29, 0.717) is 10.6 Å². The molecule has 3 N–H and O–H groups in total. The standard InChI is InChI=1S/C13H14ClN3O2S/c14-13-6-12(4-3-11(13)7-15)20(18,19)17-9-10-2-1-5-16-8-10/h1-6,8,17H,7,9,15H2. The number of rotatable bonds is 5. The molecule has 106 valence electrons. The number of benzene rings is 1. The van der Waals surface area contributed by atoms with Gasteiger partial charge in [0.05, 0.1) is 4.90 Å². The summed E-state index contributed by atoms with van der Waals surface area (Å²) in [6, 6.07) is 8.03. The summed E-state index contributed by atoms with van der Waals surface area (Å²) in [7, 11) is -3.61. The van der Waals surface area contributed by atoms with Crippen LogP contribution in [0, 0.1) is 0 Å². The summed E-state index contributed by atoms with van der Waals surface area (Å²) >= 11 is 5.97. The van der Waals surface area contributed by atoms with E-state index in [1.54, 1.807) is 30.6 Å². The molecule has 0 bridgehead atoms. The van der Waals surface area contributed by atoms with Gasteiger partial charge in [-0.1, -0.05) is 23.7 Å². The Balaban J connectivity index is 2.16. The average molecular weight is 312 g/mol. The van der Waals surface area contributed by atoms with Gasteiger partial charge < -0.3 is 5.73 Å². The van der Waals surface area contributed by atoms with Crippen LogP contribution in [0.2, 0.25) is 5.02 Å². The van der Waals surface area contributed by atoms with Gasteiger partial charge in [-0.25, -0.2) is 13.1 Å². The number of hydrogen-bond acceptors (Lipinski definition) is 4. The van der Waals surface area contributed by atoms with Crippen molar-refractivity contribution in [2.75, 3.05) is 0 Å². The van der Waals surface area contributed by atoms with Crippen LogP contribution >= 0.6 is 11.6 Å². The van der Waals surface area contributed by atoms with E-state index >= 15 is 0 Å². The SMILES string of the molecule is NCc1ccc(S(=O)(=O)NCc2cccnc2)cc1Cl. The summed E-state index contributed by atoms with van der Waals surface area (Å²) in [4.78, 5) is 4.04. The van der Waals surface area contributed by atoms with Crippen LogP contribution in [0.1, 0.15) is 11.1 Å². The summed E-state index contributed by atoms with van der Waals surface area (Å²) in [6.07, 6.45) is 3.23. The minimum Gasteiger partial charge on any atom is -0.326 e. The molecule has 20 heavy (non-hydrogen) atoms. The first kappa shape index (κ1) is 14.9. The van der Waals surface area contributed by atoms with Crippen LogP contribution in [-0.2, 0) is 23.1 Å². The first-order valence-electron chi connectivity index (χ1n) is 5.90. The third-order valence-corrected chi connectivity index (χ3v) is 4.49. The molecule has 0 amide bonds. The van der Waals surface area contributed by atoms with Crippen molar-refractivity contribution in [3.8, 4) is 0 Å². The van der Waals surface area contributed by atoms with Crippen molar-refractivity contribution in [3.05, 3.63) is 58.9 Å². The second kappa shape index (κ2) is 6.32. The fraction of sp³-hybridized carbons (Fsp3) is 0.154. The predicted molar refractivity (Wildman–Crippen MR) is 77.6 cm³/mol. The van der Waals surface area contributed by atoms with Crippen molar-refractivity contribution in [2.24, 2.45) is 5.73 Å². The molecular formula is C13H14ClN3O2S. The maximum atomic E-state index is 12.1. The third-order valence-electron chi connectivity index (χ3n) is 2.74. The van der Waals surface area contributed by atoms with Gasteiger partial charge in [-0.2, -0.15) is 0 Å². The van der Waals surface area contributed by atoms with Gasteiger partial charge in [-0.05, 0) is 29.3 Å². The lowest BCUT2D eigenvalue weighted by atomic mass is 10.2. The van der Waals surface area contributed by atoms with E-state index in [2.05, 4.69) is 9.71 Å². The van der Waals surface area contributed by atoms with E-state index in [-0.39, 0.29) is 18.0 Å². The Morgan fingerprint density at radius 2 is 2.10 bits per heavy atom. The van der Waals surface area contributed by atoms with Crippen LogP contribution in [0.15, 0.2) is 47.6 Å². The van der Waals surface area contributed by atoms with Gasteiger partial charge in [-0.3, -0.25) is 4.98 Å². The Kier molecular flexibility index (Phi) is 4.72. The summed E-state index contributed by atoms with van der Waals surface area (Å²) in [5, 5.41) is 0.344. The molecule has 0 unspecified atom stereocenters. The van der Waals surface area contributed by atoms with Crippen molar-refractivity contribution in [3.63, 3.8) is 0 Å². The number of hydrogen-bond donors (Lipinski definition) is 2. The minimum atomic E-state index is -3.61. The molecule has 0 aliphatic carbocycles. The van der Waals surface area contributed by atoms with Gasteiger partial charge in [0.1, 0.15) is 0 Å². The van der Waals surface area contributed by atoms with E-state index in [4.69, 9.17) is 17.3 Å². The first-order chi connectivity index (χ1) is 9.53. The number of nitrogens with zero attached hydrogens (tertiary/aromatic N) is 1.